The van der Waals surface area contributed by atoms with Crippen LogP contribution < -0.4 is 5.32 Å². The Morgan fingerprint density at radius 1 is 1.05 bits per heavy atom. The van der Waals surface area contributed by atoms with Crippen LogP contribution in [-0.4, -0.2) is 11.9 Å². The molecule has 1 N–H and O–H groups in total. The average molecular weight is 295 g/mol. The third-order valence-electron chi connectivity index (χ3n) is 3.05. The summed E-state index contributed by atoms with van der Waals surface area (Å²) < 4.78 is 5.17. The largest absolute Gasteiger partial charge is 0.444 e. The topological polar surface area (TPSA) is 55.4 Å². The third-order valence-corrected chi connectivity index (χ3v) is 3.05. The van der Waals surface area contributed by atoms with Crippen molar-refractivity contribution in [3.05, 3.63) is 84.4 Å². The number of rotatable bonds is 6. The molecule has 0 heterocycles. The summed E-state index contributed by atoms with van der Waals surface area (Å²) in [6.07, 6.45) is 0.0517. The fraction of sp³-hybridized carbons (Fsp3) is 0.111. The van der Waals surface area contributed by atoms with Crippen molar-refractivity contribution in [3.8, 4) is 0 Å². The molecule has 0 saturated carbocycles. The zero-order valence-corrected chi connectivity index (χ0v) is 12.1. The molecule has 2 aromatic carbocycles. The molecule has 0 aliphatic carbocycles. The molecule has 4 nitrogen and oxygen atoms in total. The molecular formula is C18H17NO3. The molecule has 2 aromatic rings. The van der Waals surface area contributed by atoms with Gasteiger partial charge in [-0.25, -0.2) is 4.79 Å². The van der Waals surface area contributed by atoms with E-state index in [1.54, 1.807) is 24.3 Å². The second kappa shape index (κ2) is 7.78. The Kier molecular flexibility index (Phi) is 5.49. The van der Waals surface area contributed by atoms with Crippen molar-refractivity contribution in [2.45, 2.75) is 12.6 Å². The number of nitrogens with one attached hydrogen (secondary N) is 1. The van der Waals surface area contributed by atoms with Crippen molar-refractivity contribution in [2.24, 2.45) is 0 Å². The quantitative estimate of drug-likeness (QED) is 0.658. The molecule has 22 heavy (non-hydrogen) atoms. The van der Waals surface area contributed by atoms with Gasteiger partial charge in [-0.3, -0.25) is 4.79 Å². The lowest BCUT2D eigenvalue weighted by Crippen LogP contribution is -2.31. The molecule has 0 spiro atoms. The highest BCUT2D eigenvalue weighted by Gasteiger charge is 2.23. The first kappa shape index (κ1) is 15.5. The summed E-state index contributed by atoms with van der Waals surface area (Å²) in [5.74, 6) is -1.01. The molecule has 0 aromatic heterocycles. The Morgan fingerprint density at radius 3 is 2.23 bits per heavy atom. The van der Waals surface area contributed by atoms with Crippen molar-refractivity contribution in [2.75, 3.05) is 0 Å². The first-order valence-electron chi connectivity index (χ1n) is 6.90. The van der Waals surface area contributed by atoms with Gasteiger partial charge in [0.1, 0.15) is 0 Å². The molecule has 0 saturated heterocycles. The van der Waals surface area contributed by atoms with Crippen molar-refractivity contribution in [3.63, 3.8) is 0 Å². The number of amides is 1. The highest BCUT2D eigenvalue weighted by Crippen LogP contribution is 2.18. The minimum Gasteiger partial charge on any atom is -0.444 e. The highest BCUT2D eigenvalue weighted by atomic mass is 16.5. The molecular weight excluding hydrogens is 278 g/mol. The van der Waals surface area contributed by atoms with Crippen molar-refractivity contribution in [1.82, 2.24) is 5.32 Å². The van der Waals surface area contributed by atoms with E-state index in [1.165, 1.54) is 0 Å². The zero-order valence-electron chi connectivity index (χ0n) is 12.1. The molecule has 0 fully saturated rings. The molecule has 0 aliphatic heterocycles. The Bertz CT molecular complexity index is 638. The SMILES string of the molecule is C=CC(=O)O[C@H](C(=O)NCc1ccccc1)c1ccccc1. The number of esters is 1. The molecule has 0 unspecified atom stereocenters. The van der Waals surface area contributed by atoms with Gasteiger partial charge in [0.2, 0.25) is 6.10 Å². The highest BCUT2D eigenvalue weighted by molar-refractivity contribution is 5.88. The monoisotopic (exact) mass is 295 g/mol. The van der Waals surface area contributed by atoms with Gasteiger partial charge in [-0.15, -0.1) is 0 Å². The predicted octanol–water partition coefficient (Wildman–Crippen LogP) is 2.77. The molecule has 4 heteroatoms. The number of ether oxygens (including phenoxy) is 1. The molecule has 0 bridgehead atoms. The third kappa shape index (κ3) is 4.31. The number of hydrogen-bond donors (Lipinski definition) is 1. The molecule has 112 valence electrons. The number of carbonyl (C=O) groups excluding carboxylic acids is 2. The minimum absolute atomic E-state index is 0.370. The Hall–Kier alpha value is -2.88. The van der Waals surface area contributed by atoms with E-state index < -0.39 is 12.1 Å². The van der Waals surface area contributed by atoms with Crippen LogP contribution in [0.15, 0.2) is 73.3 Å². The van der Waals surface area contributed by atoms with Crippen LogP contribution in [0.1, 0.15) is 17.2 Å². The number of hydrogen-bond acceptors (Lipinski definition) is 3. The van der Waals surface area contributed by atoms with E-state index in [2.05, 4.69) is 11.9 Å². The standard InChI is InChI=1S/C18H17NO3/c1-2-16(20)22-17(15-11-7-4-8-12-15)18(21)19-13-14-9-5-3-6-10-14/h2-12,17H,1,13H2,(H,19,21)/t17-/m0/s1. The van der Waals surface area contributed by atoms with E-state index in [4.69, 9.17) is 4.74 Å². The molecule has 1 atom stereocenters. The van der Waals surface area contributed by atoms with Crippen molar-refractivity contribution >= 4 is 11.9 Å². The summed E-state index contributed by atoms with van der Waals surface area (Å²) in [7, 11) is 0. The maximum absolute atomic E-state index is 12.3. The zero-order chi connectivity index (χ0) is 15.8. The van der Waals surface area contributed by atoms with Gasteiger partial charge < -0.3 is 10.1 Å². The van der Waals surface area contributed by atoms with Crippen LogP contribution in [0.3, 0.4) is 0 Å². The predicted molar refractivity (Wildman–Crippen MR) is 83.8 cm³/mol. The van der Waals surface area contributed by atoms with E-state index in [1.807, 2.05) is 36.4 Å². The second-order valence-electron chi connectivity index (χ2n) is 4.64. The average Bonchev–Trinajstić information content (AvgIpc) is 2.59. The first-order valence-corrected chi connectivity index (χ1v) is 6.90. The summed E-state index contributed by atoms with van der Waals surface area (Å²) >= 11 is 0. The molecule has 0 radical (unpaired) electrons. The summed E-state index contributed by atoms with van der Waals surface area (Å²) in [6, 6.07) is 18.4. The van der Waals surface area contributed by atoms with Gasteiger partial charge in [-0.2, -0.15) is 0 Å². The van der Waals surface area contributed by atoms with E-state index in [0.717, 1.165) is 11.6 Å². The molecule has 0 aliphatic rings. The number of benzene rings is 2. The lowest BCUT2D eigenvalue weighted by molar-refractivity contribution is -0.152. The Morgan fingerprint density at radius 2 is 1.64 bits per heavy atom. The van der Waals surface area contributed by atoms with E-state index in [-0.39, 0.29) is 5.91 Å². The van der Waals surface area contributed by atoms with Crippen molar-refractivity contribution in [1.29, 1.82) is 0 Å². The van der Waals surface area contributed by atoms with Crippen LogP contribution in [0.5, 0.6) is 0 Å². The second-order valence-corrected chi connectivity index (χ2v) is 4.64. The lowest BCUT2D eigenvalue weighted by Gasteiger charge is -2.17. The maximum Gasteiger partial charge on any atom is 0.331 e. The van der Waals surface area contributed by atoms with Gasteiger partial charge in [-0.1, -0.05) is 67.2 Å². The first-order chi connectivity index (χ1) is 10.7. The summed E-state index contributed by atoms with van der Waals surface area (Å²) in [5.41, 5.74) is 1.58. The summed E-state index contributed by atoms with van der Waals surface area (Å²) in [5, 5.41) is 2.78. The fourth-order valence-corrected chi connectivity index (χ4v) is 1.94. The lowest BCUT2D eigenvalue weighted by atomic mass is 10.1. The van der Waals surface area contributed by atoms with E-state index in [0.29, 0.717) is 12.1 Å². The van der Waals surface area contributed by atoms with Gasteiger partial charge in [0.05, 0.1) is 0 Å². The van der Waals surface area contributed by atoms with Gasteiger partial charge >= 0.3 is 5.97 Å². The Labute approximate surface area is 129 Å². The smallest absolute Gasteiger partial charge is 0.331 e. The number of carbonyl (C=O) groups is 2. The Balaban J connectivity index is 2.09. The fourth-order valence-electron chi connectivity index (χ4n) is 1.94. The van der Waals surface area contributed by atoms with Crippen LogP contribution >= 0.6 is 0 Å². The van der Waals surface area contributed by atoms with Crippen molar-refractivity contribution < 1.29 is 14.3 Å². The van der Waals surface area contributed by atoms with Crippen LogP contribution in [0.25, 0.3) is 0 Å². The minimum atomic E-state index is -0.990. The van der Waals surface area contributed by atoms with Crippen LogP contribution in [0.2, 0.25) is 0 Å². The van der Waals surface area contributed by atoms with Crippen LogP contribution in [-0.2, 0) is 20.9 Å². The van der Waals surface area contributed by atoms with Gasteiger partial charge in [0.25, 0.3) is 5.91 Å². The summed E-state index contributed by atoms with van der Waals surface area (Å²) in [4.78, 5) is 23.8. The normalized spacial score (nSPS) is 11.3. The van der Waals surface area contributed by atoms with E-state index >= 15 is 0 Å². The van der Waals surface area contributed by atoms with Crippen LogP contribution in [0, 0.1) is 0 Å². The van der Waals surface area contributed by atoms with Gasteiger partial charge in [0.15, 0.2) is 0 Å². The molecule has 1 amide bonds. The summed E-state index contributed by atoms with van der Waals surface area (Å²) in [6.45, 7) is 3.72. The van der Waals surface area contributed by atoms with Gasteiger partial charge in [-0.05, 0) is 5.56 Å². The maximum atomic E-state index is 12.3. The van der Waals surface area contributed by atoms with Crippen LogP contribution in [0.4, 0.5) is 0 Å². The molecule has 2 rings (SSSR count). The van der Waals surface area contributed by atoms with Gasteiger partial charge in [0, 0.05) is 18.2 Å². The van der Waals surface area contributed by atoms with E-state index in [9.17, 15) is 9.59 Å².